The number of carbonyl (C=O) groups is 3. The molecule has 0 bridgehead atoms. The smallest absolute Gasteiger partial charge is 0.306 e. The number of rotatable bonds is 9. The van der Waals surface area contributed by atoms with E-state index in [0.717, 1.165) is 25.8 Å². The fraction of sp³-hybridized carbons (Fsp3) is 0.893. The molecule has 1 amide bonds. The van der Waals surface area contributed by atoms with Crippen molar-refractivity contribution in [2.45, 2.75) is 112 Å². The zero-order valence-corrected chi connectivity index (χ0v) is 22.8. The normalized spacial score (nSPS) is 29.2. The van der Waals surface area contributed by atoms with Crippen molar-refractivity contribution in [3.05, 3.63) is 0 Å². The zero-order valence-electron chi connectivity index (χ0n) is 22.8. The number of carboxylic acids is 1. The highest BCUT2D eigenvalue weighted by molar-refractivity contribution is 5.79. The van der Waals surface area contributed by atoms with Gasteiger partial charge in [0.25, 0.3) is 0 Å². The molecule has 0 heterocycles. The van der Waals surface area contributed by atoms with Gasteiger partial charge in [0.2, 0.25) is 5.91 Å². The monoisotopic (exact) mass is 481 g/mol. The van der Waals surface area contributed by atoms with Crippen molar-refractivity contribution in [1.82, 2.24) is 5.32 Å². The van der Waals surface area contributed by atoms with Crippen molar-refractivity contribution in [3.63, 3.8) is 0 Å². The van der Waals surface area contributed by atoms with E-state index in [1.54, 1.807) is 0 Å². The zero-order chi connectivity index (χ0) is 25.8. The van der Waals surface area contributed by atoms with Gasteiger partial charge in [-0.1, -0.05) is 54.4 Å². The van der Waals surface area contributed by atoms with Crippen molar-refractivity contribution in [2.75, 3.05) is 6.54 Å². The molecule has 198 valence electrons. The summed E-state index contributed by atoms with van der Waals surface area (Å²) in [6.45, 7) is 16.0. The van der Waals surface area contributed by atoms with E-state index < -0.39 is 5.97 Å². The third kappa shape index (κ3) is 10.8. The Kier molecular flexibility index (Phi) is 13.8. The molecule has 0 aromatic heterocycles. The molecular formula is C28H51NO5. The molecular weight excluding hydrogens is 430 g/mol. The molecule has 0 radical (unpaired) electrons. The number of ether oxygens (including phenoxy) is 1. The van der Waals surface area contributed by atoms with Crippen molar-refractivity contribution in [1.29, 1.82) is 0 Å². The lowest BCUT2D eigenvalue weighted by atomic mass is 9.70. The third-order valence-electron chi connectivity index (χ3n) is 7.73. The molecule has 2 rings (SSSR count). The summed E-state index contributed by atoms with van der Waals surface area (Å²) in [5.41, 5.74) is 0. The van der Waals surface area contributed by atoms with Gasteiger partial charge in [-0.3, -0.25) is 14.4 Å². The second-order valence-electron chi connectivity index (χ2n) is 11.4. The molecule has 2 saturated carbocycles. The van der Waals surface area contributed by atoms with E-state index in [1.165, 1.54) is 19.3 Å². The van der Waals surface area contributed by atoms with Crippen molar-refractivity contribution in [2.24, 2.45) is 41.4 Å². The molecule has 0 aromatic rings. The molecule has 6 heteroatoms. The van der Waals surface area contributed by atoms with Gasteiger partial charge in [-0.15, -0.1) is 0 Å². The van der Waals surface area contributed by atoms with E-state index >= 15 is 0 Å². The summed E-state index contributed by atoms with van der Waals surface area (Å²) >= 11 is 0. The van der Waals surface area contributed by atoms with Crippen LogP contribution in [0.15, 0.2) is 0 Å². The molecule has 0 saturated heterocycles. The first-order chi connectivity index (χ1) is 16.0. The first-order valence-electron chi connectivity index (χ1n) is 13.6. The number of esters is 1. The van der Waals surface area contributed by atoms with E-state index in [1.807, 2.05) is 6.92 Å². The van der Waals surface area contributed by atoms with Gasteiger partial charge in [-0.2, -0.15) is 0 Å². The molecule has 0 spiro atoms. The molecule has 0 aliphatic heterocycles. The highest BCUT2D eigenvalue weighted by Crippen LogP contribution is 2.38. The van der Waals surface area contributed by atoms with Gasteiger partial charge in [-0.05, 0) is 74.5 Å². The average Bonchev–Trinajstić information content (AvgIpc) is 2.73. The average molecular weight is 482 g/mol. The summed E-state index contributed by atoms with van der Waals surface area (Å²) in [5, 5.41) is 11.5. The number of hydrogen-bond acceptors (Lipinski definition) is 4. The molecule has 0 aromatic carbocycles. The molecule has 6 atom stereocenters. The minimum absolute atomic E-state index is 0.0149. The predicted molar refractivity (Wildman–Crippen MR) is 136 cm³/mol. The van der Waals surface area contributed by atoms with Crippen LogP contribution in [0.1, 0.15) is 106 Å². The van der Waals surface area contributed by atoms with Crippen LogP contribution >= 0.6 is 0 Å². The first kappa shape index (κ1) is 30.4. The van der Waals surface area contributed by atoms with Crippen LogP contribution in [0.4, 0.5) is 0 Å². The number of nitrogens with one attached hydrogen (secondary N) is 1. The summed E-state index contributed by atoms with van der Waals surface area (Å²) in [5.74, 6) is 2.93. The second-order valence-corrected chi connectivity index (χ2v) is 11.4. The topological polar surface area (TPSA) is 92.7 Å². The molecule has 34 heavy (non-hydrogen) atoms. The fourth-order valence-corrected chi connectivity index (χ4v) is 5.67. The number of hydrogen-bond donors (Lipinski definition) is 2. The quantitative estimate of drug-likeness (QED) is 0.390. The van der Waals surface area contributed by atoms with Crippen LogP contribution in [0.3, 0.4) is 0 Å². The van der Waals surface area contributed by atoms with Gasteiger partial charge in [0.05, 0.1) is 0 Å². The number of aliphatic carboxylic acids is 1. The van der Waals surface area contributed by atoms with Crippen molar-refractivity contribution in [3.8, 4) is 0 Å². The van der Waals surface area contributed by atoms with E-state index in [0.29, 0.717) is 41.9 Å². The molecule has 2 fully saturated rings. The summed E-state index contributed by atoms with van der Waals surface area (Å²) < 4.78 is 5.59. The maximum atomic E-state index is 11.9. The fourth-order valence-electron chi connectivity index (χ4n) is 5.67. The Balaban J connectivity index is 0.000000350. The molecule has 6 unspecified atom stereocenters. The van der Waals surface area contributed by atoms with Crippen LogP contribution in [0, 0.1) is 41.4 Å². The van der Waals surface area contributed by atoms with Crippen LogP contribution in [0.2, 0.25) is 0 Å². The van der Waals surface area contributed by atoms with Gasteiger partial charge in [0.1, 0.15) is 6.10 Å². The van der Waals surface area contributed by atoms with Gasteiger partial charge >= 0.3 is 11.9 Å². The molecule has 6 nitrogen and oxygen atoms in total. The third-order valence-corrected chi connectivity index (χ3v) is 7.73. The Morgan fingerprint density at radius 2 is 1.44 bits per heavy atom. The van der Waals surface area contributed by atoms with Crippen LogP contribution < -0.4 is 5.32 Å². The lowest BCUT2D eigenvalue weighted by Crippen LogP contribution is -2.40. The maximum absolute atomic E-state index is 11.9. The van der Waals surface area contributed by atoms with Gasteiger partial charge in [0, 0.05) is 25.3 Å². The van der Waals surface area contributed by atoms with E-state index in [9.17, 15) is 14.4 Å². The van der Waals surface area contributed by atoms with Crippen LogP contribution in [-0.4, -0.2) is 35.6 Å². The largest absolute Gasteiger partial charge is 0.481 e. The van der Waals surface area contributed by atoms with Crippen LogP contribution in [0.5, 0.6) is 0 Å². The van der Waals surface area contributed by atoms with Gasteiger partial charge < -0.3 is 15.2 Å². The van der Waals surface area contributed by atoms with Crippen LogP contribution in [0.25, 0.3) is 0 Å². The minimum atomic E-state index is -0.862. The van der Waals surface area contributed by atoms with E-state index in [4.69, 9.17) is 9.84 Å². The Morgan fingerprint density at radius 3 is 1.97 bits per heavy atom. The Hall–Kier alpha value is -1.59. The summed E-state index contributed by atoms with van der Waals surface area (Å²) in [4.78, 5) is 34.1. The Morgan fingerprint density at radius 1 is 0.882 bits per heavy atom. The lowest BCUT2D eigenvalue weighted by Gasteiger charge is -2.36. The number of carboxylic acid groups (broad SMARTS) is 1. The molecule has 2 N–H and O–H groups in total. The highest BCUT2D eigenvalue weighted by Gasteiger charge is 2.35. The minimum Gasteiger partial charge on any atom is -0.481 e. The summed E-state index contributed by atoms with van der Waals surface area (Å²) in [6.07, 6.45) is 7.47. The Bertz CT molecular complexity index is 632. The van der Waals surface area contributed by atoms with E-state index in [2.05, 4.69) is 46.9 Å². The van der Waals surface area contributed by atoms with Crippen molar-refractivity contribution < 1.29 is 24.2 Å². The van der Waals surface area contributed by atoms with Gasteiger partial charge in [-0.25, -0.2) is 0 Å². The summed E-state index contributed by atoms with van der Waals surface area (Å²) in [7, 11) is 0. The number of carbonyl (C=O) groups excluding carboxylic acids is 2. The predicted octanol–water partition coefficient (Wildman–Crippen LogP) is 6.08. The van der Waals surface area contributed by atoms with Crippen LogP contribution in [-0.2, 0) is 19.1 Å². The SMILES string of the molecule is CC1CCC(C(C)C)C(OC(=O)CCCC(=O)O)C1.CCNC(=O)C1CC(C)CCC1C(C)C. The lowest BCUT2D eigenvalue weighted by molar-refractivity contribution is -0.156. The van der Waals surface area contributed by atoms with Crippen molar-refractivity contribution >= 4 is 17.8 Å². The van der Waals surface area contributed by atoms with Gasteiger partial charge in [0.15, 0.2) is 0 Å². The van der Waals surface area contributed by atoms with E-state index in [-0.39, 0.29) is 36.7 Å². The molecule has 2 aliphatic carbocycles. The second kappa shape index (κ2) is 15.4. The first-order valence-corrected chi connectivity index (χ1v) is 13.6. The summed E-state index contributed by atoms with van der Waals surface area (Å²) in [6, 6.07) is 0. The maximum Gasteiger partial charge on any atom is 0.306 e. The molecule has 2 aliphatic rings. The number of amides is 1. The Labute approximate surface area is 208 Å². The standard InChI is InChI=1S/C15H26O4.C13H25NO/c1-10(2)12-8-7-11(3)9-13(12)19-15(18)6-4-5-14(16)17;1-5-14-13(15)12-8-10(4)6-7-11(12)9(2)3/h10-13H,4-9H2,1-3H3,(H,16,17);9-12H,5-8H2,1-4H3,(H,14,15). The highest BCUT2D eigenvalue weighted by atomic mass is 16.5.